The molecule has 3 aromatic heterocycles. The fraction of sp³-hybridized carbons (Fsp3) is 0.500. The summed E-state index contributed by atoms with van der Waals surface area (Å²) in [6.45, 7) is 23.0. The number of thiophene rings is 3. The number of rotatable bonds is 5. The standard InChI is InChI=1S/C24H35BO2S3Si2/c1-23(2)24(3,4)27-25(26-23)19-15-16(17-11-13-20(28-17)31(5,6)7)22(30-19)18-12-14-21(29-18)32(8,9)10/h11-15H,1-10H3. The molecule has 0 bridgehead atoms. The van der Waals surface area contributed by atoms with Crippen molar-refractivity contribution in [3.8, 4) is 20.2 Å². The van der Waals surface area contributed by atoms with Gasteiger partial charge in [-0.25, -0.2) is 0 Å². The second-order valence-electron chi connectivity index (χ2n) is 11.8. The molecule has 2 nitrogen and oxygen atoms in total. The molecule has 3 aromatic rings. The van der Waals surface area contributed by atoms with Crippen molar-refractivity contribution in [1.29, 1.82) is 0 Å². The molecular formula is C24H35BO2S3Si2. The van der Waals surface area contributed by atoms with Crippen LogP contribution in [0.1, 0.15) is 27.7 Å². The Hall–Kier alpha value is -0.481. The first-order valence-electron chi connectivity index (χ1n) is 11.3. The minimum atomic E-state index is -1.34. The molecule has 0 amide bonds. The van der Waals surface area contributed by atoms with Crippen molar-refractivity contribution < 1.29 is 9.31 Å². The Balaban J connectivity index is 1.81. The summed E-state index contributed by atoms with van der Waals surface area (Å²) in [4.78, 5) is 4.08. The summed E-state index contributed by atoms with van der Waals surface area (Å²) in [5.74, 6) is 0. The van der Waals surface area contributed by atoms with Crippen LogP contribution in [-0.4, -0.2) is 34.5 Å². The molecule has 172 valence electrons. The van der Waals surface area contributed by atoms with Gasteiger partial charge in [0.2, 0.25) is 0 Å². The van der Waals surface area contributed by atoms with E-state index in [2.05, 4.69) is 97.3 Å². The smallest absolute Gasteiger partial charge is 0.399 e. The van der Waals surface area contributed by atoms with Crippen molar-refractivity contribution in [2.45, 2.75) is 78.2 Å². The van der Waals surface area contributed by atoms with Crippen molar-refractivity contribution in [3.63, 3.8) is 0 Å². The summed E-state index contributed by atoms with van der Waals surface area (Å²) in [5.41, 5.74) is 0.673. The zero-order chi connectivity index (χ0) is 23.7. The summed E-state index contributed by atoms with van der Waals surface area (Å²) in [7, 11) is -2.99. The lowest BCUT2D eigenvalue weighted by Crippen LogP contribution is -2.41. The first kappa shape index (κ1) is 24.6. The minimum absolute atomic E-state index is 0.314. The zero-order valence-electron chi connectivity index (χ0n) is 21.0. The summed E-state index contributed by atoms with van der Waals surface area (Å²) in [6, 6.07) is 11.7. The Morgan fingerprint density at radius 2 is 1.16 bits per heavy atom. The van der Waals surface area contributed by atoms with E-state index in [1.807, 2.05) is 34.0 Å². The van der Waals surface area contributed by atoms with E-state index in [1.54, 1.807) is 9.00 Å². The third-order valence-electron chi connectivity index (χ3n) is 6.42. The van der Waals surface area contributed by atoms with Crippen LogP contribution in [0, 0.1) is 0 Å². The van der Waals surface area contributed by atoms with Crippen LogP contribution < -0.4 is 13.8 Å². The van der Waals surface area contributed by atoms with Crippen LogP contribution in [-0.2, 0) is 9.31 Å². The van der Waals surface area contributed by atoms with E-state index >= 15 is 0 Å². The van der Waals surface area contributed by atoms with Crippen LogP contribution in [0.2, 0.25) is 39.3 Å². The first-order chi connectivity index (χ1) is 14.6. The van der Waals surface area contributed by atoms with Gasteiger partial charge in [0.05, 0.1) is 32.2 Å². The van der Waals surface area contributed by atoms with Crippen LogP contribution >= 0.6 is 34.0 Å². The highest BCUT2D eigenvalue weighted by atomic mass is 32.1. The lowest BCUT2D eigenvalue weighted by Gasteiger charge is -2.32. The molecule has 0 aliphatic carbocycles. The molecule has 8 heteroatoms. The Morgan fingerprint density at radius 3 is 1.62 bits per heavy atom. The Labute approximate surface area is 208 Å². The maximum absolute atomic E-state index is 6.42. The van der Waals surface area contributed by atoms with Gasteiger partial charge in [-0.15, -0.1) is 34.0 Å². The van der Waals surface area contributed by atoms with Gasteiger partial charge in [-0.1, -0.05) is 51.4 Å². The molecule has 1 saturated heterocycles. The molecule has 0 unspecified atom stereocenters. The third kappa shape index (κ3) is 4.57. The summed E-state index contributed by atoms with van der Waals surface area (Å²) in [5, 5.41) is 0. The molecule has 1 aliphatic rings. The molecule has 32 heavy (non-hydrogen) atoms. The summed E-state index contributed by atoms with van der Waals surface area (Å²) < 4.78 is 17.1. The van der Waals surface area contributed by atoms with Gasteiger partial charge in [-0.05, 0) is 54.9 Å². The molecule has 0 radical (unpaired) electrons. The maximum atomic E-state index is 6.42. The number of hydrogen-bond donors (Lipinski definition) is 0. The topological polar surface area (TPSA) is 18.5 Å². The molecule has 0 spiro atoms. The molecule has 0 atom stereocenters. The molecule has 4 rings (SSSR count). The van der Waals surface area contributed by atoms with Crippen LogP contribution in [0.3, 0.4) is 0 Å². The van der Waals surface area contributed by atoms with Gasteiger partial charge in [0.1, 0.15) is 0 Å². The van der Waals surface area contributed by atoms with E-state index in [4.69, 9.17) is 9.31 Å². The van der Waals surface area contributed by atoms with Gasteiger partial charge in [0, 0.05) is 20.1 Å². The second-order valence-corrected chi connectivity index (χ2v) is 25.9. The van der Waals surface area contributed by atoms with E-state index in [1.165, 1.54) is 25.0 Å². The van der Waals surface area contributed by atoms with Crippen molar-refractivity contribution in [1.82, 2.24) is 0 Å². The van der Waals surface area contributed by atoms with Crippen LogP contribution in [0.15, 0.2) is 30.3 Å². The molecule has 4 heterocycles. The largest absolute Gasteiger partial charge is 0.505 e. The van der Waals surface area contributed by atoms with Crippen LogP contribution in [0.4, 0.5) is 0 Å². The average molecular weight is 519 g/mol. The van der Waals surface area contributed by atoms with Crippen molar-refractivity contribution >= 4 is 71.1 Å². The second kappa shape index (κ2) is 8.04. The summed E-state index contributed by atoms with van der Waals surface area (Å²) >= 11 is 5.78. The normalized spacial score (nSPS) is 18.5. The van der Waals surface area contributed by atoms with Crippen molar-refractivity contribution in [2.75, 3.05) is 0 Å². The van der Waals surface area contributed by atoms with Crippen LogP contribution in [0.25, 0.3) is 20.2 Å². The molecule has 1 fully saturated rings. The van der Waals surface area contributed by atoms with Crippen molar-refractivity contribution in [2.24, 2.45) is 0 Å². The van der Waals surface area contributed by atoms with Crippen molar-refractivity contribution in [3.05, 3.63) is 30.3 Å². The Bertz CT molecular complexity index is 1040. The molecular weight excluding hydrogens is 483 g/mol. The predicted molar refractivity (Wildman–Crippen MR) is 153 cm³/mol. The monoisotopic (exact) mass is 518 g/mol. The fourth-order valence-electron chi connectivity index (χ4n) is 3.60. The highest BCUT2D eigenvalue weighted by Gasteiger charge is 2.52. The summed E-state index contributed by atoms with van der Waals surface area (Å²) in [6.07, 6.45) is 0. The van der Waals surface area contributed by atoms with E-state index in [0.717, 1.165) is 0 Å². The zero-order valence-corrected chi connectivity index (χ0v) is 25.5. The molecule has 1 aliphatic heterocycles. The quantitative estimate of drug-likeness (QED) is 0.355. The number of hydrogen-bond acceptors (Lipinski definition) is 5. The Morgan fingerprint density at radius 1 is 0.688 bits per heavy atom. The van der Waals surface area contributed by atoms with Gasteiger partial charge in [0.25, 0.3) is 0 Å². The third-order valence-corrected chi connectivity index (χ3v) is 17.2. The average Bonchev–Trinajstić information content (AvgIpc) is 3.38. The molecule has 0 N–H and O–H groups in total. The lowest BCUT2D eigenvalue weighted by atomic mass is 9.87. The van der Waals surface area contributed by atoms with Gasteiger partial charge in [-0.2, -0.15) is 0 Å². The van der Waals surface area contributed by atoms with E-state index in [-0.39, 0.29) is 18.3 Å². The lowest BCUT2D eigenvalue weighted by molar-refractivity contribution is 0.00578. The SMILES string of the molecule is CC1(C)OB(c2cc(-c3ccc([Si](C)(C)C)s3)c(-c3ccc([Si](C)(C)C)s3)s2)OC1(C)C. The molecule has 0 aromatic carbocycles. The highest BCUT2D eigenvalue weighted by molar-refractivity contribution is 7.33. The molecule has 0 saturated carbocycles. The highest BCUT2D eigenvalue weighted by Crippen LogP contribution is 2.42. The van der Waals surface area contributed by atoms with Gasteiger partial charge in [0.15, 0.2) is 0 Å². The van der Waals surface area contributed by atoms with Gasteiger partial charge >= 0.3 is 7.12 Å². The maximum Gasteiger partial charge on any atom is 0.505 e. The van der Waals surface area contributed by atoms with Gasteiger partial charge in [-0.3, -0.25) is 0 Å². The van der Waals surface area contributed by atoms with Crippen LogP contribution in [0.5, 0.6) is 0 Å². The predicted octanol–water partition coefficient (Wildman–Crippen LogP) is 6.59. The van der Waals surface area contributed by atoms with Gasteiger partial charge < -0.3 is 9.31 Å². The van der Waals surface area contributed by atoms with E-state index in [9.17, 15) is 0 Å². The van der Waals surface area contributed by atoms with E-state index < -0.39 is 16.1 Å². The Kier molecular flexibility index (Phi) is 6.19. The van der Waals surface area contributed by atoms with E-state index in [0.29, 0.717) is 0 Å². The fourth-order valence-corrected chi connectivity index (χ4v) is 10.7. The first-order valence-corrected chi connectivity index (χ1v) is 20.7. The minimum Gasteiger partial charge on any atom is -0.399 e.